The van der Waals surface area contributed by atoms with E-state index in [2.05, 4.69) is 11.4 Å². The Bertz CT molecular complexity index is 679. The van der Waals surface area contributed by atoms with Gasteiger partial charge in [-0.25, -0.2) is 0 Å². The molecule has 0 saturated heterocycles. The highest BCUT2D eigenvalue weighted by Crippen LogP contribution is 2.15. The predicted octanol–water partition coefficient (Wildman–Crippen LogP) is 2.45. The van der Waals surface area contributed by atoms with Crippen molar-refractivity contribution in [3.8, 4) is 5.75 Å². The van der Waals surface area contributed by atoms with Crippen LogP contribution in [0.2, 0.25) is 0 Å². The first-order valence-corrected chi connectivity index (χ1v) is 6.69. The van der Waals surface area contributed by atoms with E-state index in [1.165, 1.54) is 4.90 Å². The van der Waals surface area contributed by atoms with Gasteiger partial charge in [0.1, 0.15) is 5.75 Å². The van der Waals surface area contributed by atoms with Gasteiger partial charge < -0.3 is 15.0 Å². The molecule has 5 heteroatoms. The lowest BCUT2D eigenvalue weighted by atomic mass is 10.1. The summed E-state index contributed by atoms with van der Waals surface area (Å²) in [6.07, 6.45) is 0. The van der Waals surface area contributed by atoms with Crippen LogP contribution in [0.4, 0.5) is 5.69 Å². The first-order valence-electron chi connectivity index (χ1n) is 6.69. The molecular formula is C17H17N2O3. The first kappa shape index (κ1) is 15.6. The fraction of sp³-hybridized carbons (Fsp3) is 0.176. The van der Waals surface area contributed by atoms with Gasteiger partial charge in [-0.2, -0.15) is 0 Å². The molecule has 0 aromatic heterocycles. The van der Waals surface area contributed by atoms with Crippen LogP contribution in [-0.2, 0) is 0 Å². The third-order valence-electron chi connectivity index (χ3n) is 3.05. The number of nitrogens with zero attached hydrogens (tertiary/aromatic N) is 1. The molecule has 0 aliphatic rings. The zero-order valence-corrected chi connectivity index (χ0v) is 12.7. The summed E-state index contributed by atoms with van der Waals surface area (Å²) in [4.78, 5) is 25.5. The van der Waals surface area contributed by atoms with E-state index in [1.807, 2.05) is 0 Å². The van der Waals surface area contributed by atoms with Gasteiger partial charge in [-0.1, -0.05) is 0 Å². The maximum atomic E-state index is 12.2. The van der Waals surface area contributed by atoms with Crippen molar-refractivity contribution in [2.75, 3.05) is 26.5 Å². The molecule has 0 aliphatic carbocycles. The summed E-state index contributed by atoms with van der Waals surface area (Å²) in [6.45, 7) is 0. The Labute approximate surface area is 129 Å². The number of rotatable bonds is 4. The number of carbonyl (C=O) groups excluding carboxylic acids is 2. The summed E-state index contributed by atoms with van der Waals surface area (Å²) in [6, 6.07) is 14.5. The molecule has 0 fully saturated rings. The minimum atomic E-state index is -0.259. The molecule has 0 spiro atoms. The molecule has 2 rings (SSSR count). The van der Waals surface area contributed by atoms with Crippen LogP contribution in [0, 0.1) is 6.07 Å². The van der Waals surface area contributed by atoms with Crippen molar-refractivity contribution in [3.63, 3.8) is 0 Å². The lowest BCUT2D eigenvalue weighted by Crippen LogP contribution is -2.22. The maximum absolute atomic E-state index is 12.2. The average Bonchev–Trinajstić information content (AvgIpc) is 2.54. The molecule has 5 nitrogen and oxygen atoms in total. The van der Waals surface area contributed by atoms with Crippen LogP contribution in [-0.4, -0.2) is 37.9 Å². The highest BCUT2D eigenvalue weighted by Gasteiger charge is 2.10. The van der Waals surface area contributed by atoms with E-state index in [0.29, 0.717) is 22.6 Å². The van der Waals surface area contributed by atoms with Crippen LogP contribution in [0.5, 0.6) is 5.75 Å². The van der Waals surface area contributed by atoms with Gasteiger partial charge >= 0.3 is 0 Å². The smallest absolute Gasteiger partial charge is 0.255 e. The quantitative estimate of drug-likeness (QED) is 0.943. The topological polar surface area (TPSA) is 58.6 Å². The standard InChI is InChI=1S/C17H17N2O3/c1-19(2)17(21)13-5-4-6-14(11-13)18-16(20)12-7-9-15(22-3)10-8-12/h5-11H,1-3H3,(H,18,20). The Balaban J connectivity index is 2.14. The Morgan fingerprint density at radius 3 is 2.36 bits per heavy atom. The number of hydrogen-bond donors (Lipinski definition) is 1. The molecule has 0 aliphatic heterocycles. The normalized spacial score (nSPS) is 9.95. The minimum absolute atomic E-state index is 0.142. The van der Waals surface area contributed by atoms with Crippen molar-refractivity contribution in [3.05, 3.63) is 59.7 Å². The number of carbonyl (C=O) groups is 2. The summed E-state index contributed by atoms with van der Waals surface area (Å²) >= 11 is 0. The van der Waals surface area contributed by atoms with Crippen LogP contribution in [0.1, 0.15) is 20.7 Å². The van der Waals surface area contributed by atoms with Crippen LogP contribution in [0.3, 0.4) is 0 Å². The predicted molar refractivity (Wildman–Crippen MR) is 84.2 cm³/mol. The molecule has 113 valence electrons. The Hall–Kier alpha value is -2.82. The van der Waals surface area contributed by atoms with Crippen LogP contribution < -0.4 is 10.1 Å². The van der Waals surface area contributed by atoms with E-state index in [0.717, 1.165) is 0 Å². The van der Waals surface area contributed by atoms with E-state index >= 15 is 0 Å². The van der Waals surface area contributed by atoms with Crippen molar-refractivity contribution in [2.24, 2.45) is 0 Å². The van der Waals surface area contributed by atoms with Crippen molar-refractivity contribution in [2.45, 2.75) is 0 Å². The van der Waals surface area contributed by atoms with Gasteiger partial charge in [0.25, 0.3) is 11.8 Å². The van der Waals surface area contributed by atoms with Gasteiger partial charge in [0.05, 0.1) is 7.11 Å². The van der Waals surface area contributed by atoms with Crippen molar-refractivity contribution < 1.29 is 14.3 Å². The number of hydrogen-bond acceptors (Lipinski definition) is 3. The van der Waals surface area contributed by atoms with E-state index in [4.69, 9.17) is 4.74 Å². The number of amides is 2. The largest absolute Gasteiger partial charge is 0.497 e. The molecule has 0 unspecified atom stereocenters. The van der Waals surface area contributed by atoms with E-state index in [-0.39, 0.29) is 11.8 Å². The van der Waals surface area contributed by atoms with Gasteiger partial charge in [-0.3, -0.25) is 9.59 Å². The van der Waals surface area contributed by atoms with Gasteiger partial charge in [0.15, 0.2) is 0 Å². The summed E-state index contributed by atoms with van der Waals surface area (Å²) in [5, 5.41) is 2.75. The Morgan fingerprint density at radius 1 is 1.09 bits per heavy atom. The Morgan fingerprint density at radius 2 is 1.77 bits per heavy atom. The summed E-state index contributed by atoms with van der Waals surface area (Å²) in [5.41, 5.74) is 1.50. The molecule has 1 radical (unpaired) electrons. The number of methoxy groups -OCH3 is 1. The van der Waals surface area contributed by atoms with Crippen LogP contribution >= 0.6 is 0 Å². The summed E-state index contributed by atoms with van der Waals surface area (Å²) in [5.74, 6) is 0.283. The van der Waals surface area contributed by atoms with Gasteiger partial charge in [0.2, 0.25) is 0 Å². The second kappa shape index (κ2) is 6.76. The van der Waals surface area contributed by atoms with E-state index in [1.54, 1.807) is 63.7 Å². The lowest BCUT2D eigenvalue weighted by molar-refractivity contribution is 0.0827. The molecular weight excluding hydrogens is 280 g/mol. The second-order valence-electron chi connectivity index (χ2n) is 4.89. The van der Waals surface area contributed by atoms with Crippen LogP contribution in [0.25, 0.3) is 0 Å². The molecule has 0 heterocycles. The number of nitrogens with one attached hydrogen (secondary N) is 1. The SMILES string of the molecule is COc1ccc(C(=O)Nc2c[c]cc(C(=O)N(C)C)c2)cc1. The number of ether oxygens (including phenoxy) is 1. The number of benzene rings is 2. The third kappa shape index (κ3) is 3.63. The van der Waals surface area contributed by atoms with Crippen molar-refractivity contribution in [1.82, 2.24) is 4.90 Å². The molecule has 2 amide bonds. The molecule has 1 N–H and O–H groups in total. The monoisotopic (exact) mass is 297 g/mol. The van der Waals surface area contributed by atoms with E-state index < -0.39 is 0 Å². The molecule has 0 atom stereocenters. The lowest BCUT2D eigenvalue weighted by Gasteiger charge is -2.11. The molecule has 0 bridgehead atoms. The summed E-state index contributed by atoms with van der Waals surface area (Å²) in [7, 11) is 4.91. The first-order chi connectivity index (χ1) is 10.5. The maximum Gasteiger partial charge on any atom is 0.255 e. The molecule has 2 aromatic rings. The zero-order valence-electron chi connectivity index (χ0n) is 12.7. The van der Waals surface area contributed by atoms with Gasteiger partial charge in [0, 0.05) is 30.9 Å². The van der Waals surface area contributed by atoms with E-state index in [9.17, 15) is 9.59 Å². The molecule has 0 saturated carbocycles. The highest BCUT2D eigenvalue weighted by molar-refractivity contribution is 6.05. The minimum Gasteiger partial charge on any atom is -0.497 e. The van der Waals surface area contributed by atoms with Crippen molar-refractivity contribution >= 4 is 17.5 Å². The number of anilines is 1. The zero-order chi connectivity index (χ0) is 16.1. The van der Waals surface area contributed by atoms with Gasteiger partial charge in [-0.15, -0.1) is 0 Å². The van der Waals surface area contributed by atoms with Crippen molar-refractivity contribution in [1.29, 1.82) is 0 Å². The molecule has 22 heavy (non-hydrogen) atoms. The fourth-order valence-electron chi connectivity index (χ4n) is 1.87. The summed E-state index contributed by atoms with van der Waals surface area (Å²) < 4.78 is 5.05. The third-order valence-corrected chi connectivity index (χ3v) is 3.05. The highest BCUT2D eigenvalue weighted by atomic mass is 16.5. The van der Waals surface area contributed by atoms with Gasteiger partial charge in [-0.05, 0) is 48.5 Å². The Kier molecular flexibility index (Phi) is 4.78. The fourth-order valence-corrected chi connectivity index (χ4v) is 1.87. The second-order valence-corrected chi connectivity index (χ2v) is 4.89. The molecule has 2 aromatic carbocycles. The average molecular weight is 297 g/mol. The van der Waals surface area contributed by atoms with Crippen LogP contribution in [0.15, 0.2) is 42.5 Å².